The molecule has 0 bridgehead atoms. The molecule has 0 spiro atoms. The number of hydrogen-bond acceptors (Lipinski definition) is 3. The van der Waals surface area contributed by atoms with Crippen LogP contribution in [0.25, 0.3) is 10.8 Å². The minimum absolute atomic E-state index is 0.237. The molecule has 0 aliphatic carbocycles. The molecule has 3 nitrogen and oxygen atoms in total. The van der Waals surface area contributed by atoms with Crippen LogP contribution in [0.15, 0.2) is 65.3 Å². The number of nitrogens with two attached hydrogens (primary N) is 1. The summed E-state index contributed by atoms with van der Waals surface area (Å²) in [5.74, 6) is 0.797. The molecule has 2 aromatic carbocycles. The highest BCUT2D eigenvalue weighted by molar-refractivity contribution is 9.10. The summed E-state index contributed by atoms with van der Waals surface area (Å²) in [4.78, 5) is 4.31. The maximum absolute atomic E-state index is 5.99. The van der Waals surface area contributed by atoms with Crippen molar-refractivity contribution in [3.05, 3.63) is 71.0 Å². The van der Waals surface area contributed by atoms with Gasteiger partial charge in [0.2, 0.25) is 0 Å². The van der Waals surface area contributed by atoms with Crippen LogP contribution in [0.2, 0.25) is 0 Å². The third kappa shape index (κ3) is 3.23. The molecule has 3 aromatic rings. The summed E-state index contributed by atoms with van der Waals surface area (Å²) in [6.45, 7) is 0.384. The van der Waals surface area contributed by atoms with E-state index in [9.17, 15) is 0 Å². The molecule has 106 valence electrons. The Balaban J connectivity index is 1.88. The monoisotopic (exact) mass is 342 g/mol. The second kappa shape index (κ2) is 6.24. The highest BCUT2D eigenvalue weighted by Crippen LogP contribution is 2.26. The number of nitrogens with zero attached hydrogens (tertiary/aromatic N) is 1. The Labute approximate surface area is 131 Å². The predicted octanol–water partition coefficient (Wildman–Crippen LogP) is 4.08. The van der Waals surface area contributed by atoms with Crippen molar-refractivity contribution in [3.63, 3.8) is 0 Å². The number of pyridine rings is 1. The van der Waals surface area contributed by atoms with Crippen molar-refractivity contribution in [2.45, 2.75) is 6.10 Å². The maximum atomic E-state index is 5.99. The van der Waals surface area contributed by atoms with Crippen LogP contribution >= 0.6 is 15.9 Å². The van der Waals surface area contributed by atoms with Crippen LogP contribution in [0.4, 0.5) is 0 Å². The molecule has 0 saturated heterocycles. The summed E-state index contributed by atoms with van der Waals surface area (Å²) in [6, 6.07) is 17.9. The standard InChI is InChI=1S/C17H15BrN2O/c18-14-6-4-13-10-15(7-5-12(13)9-14)21-17(11-19)16-3-1-2-8-20-16/h1-10,17H,11,19H2. The molecule has 1 heterocycles. The molecule has 0 aliphatic heterocycles. The van der Waals surface area contributed by atoms with E-state index in [0.29, 0.717) is 6.54 Å². The van der Waals surface area contributed by atoms with Gasteiger partial charge in [0.1, 0.15) is 5.75 Å². The Kier molecular flexibility index (Phi) is 4.18. The first-order valence-electron chi connectivity index (χ1n) is 6.73. The van der Waals surface area contributed by atoms with Crippen molar-refractivity contribution in [3.8, 4) is 5.75 Å². The predicted molar refractivity (Wildman–Crippen MR) is 88.3 cm³/mol. The molecule has 21 heavy (non-hydrogen) atoms. The lowest BCUT2D eigenvalue weighted by atomic mass is 10.1. The number of halogens is 1. The Hall–Kier alpha value is -1.91. The fraction of sp³-hybridized carbons (Fsp3) is 0.118. The van der Waals surface area contributed by atoms with Gasteiger partial charge >= 0.3 is 0 Å². The number of aromatic nitrogens is 1. The normalized spacial score (nSPS) is 12.3. The summed E-state index contributed by atoms with van der Waals surface area (Å²) in [5, 5.41) is 2.30. The average Bonchev–Trinajstić information content (AvgIpc) is 2.53. The largest absolute Gasteiger partial charge is 0.483 e. The van der Waals surface area contributed by atoms with Crippen molar-refractivity contribution in [1.29, 1.82) is 0 Å². The van der Waals surface area contributed by atoms with E-state index in [1.807, 2.05) is 42.5 Å². The van der Waals surface area contributed by atoms with Crippen LogP contribution in [-0.4, -0.2) is 11.5 Å². The highest BCUT2D eigenvalue weighted by atomic mass is 79.9. The van der Waals surface area contributed by atoms with E-state index in [4.69, 9.17) is 10.5 Å². The van der Waals surface area contributed by atoms with Crippen LogP contribution in [-0.2, 0) is 0 Å². The van der Waals surface area contributed by atoms with Crippen molar-refractivity contribution >= 4 is 26.7 Å². The molecular formula is C17H15BrN2O. The van der Waals surface area contributed by atoms with Gasteiger partial charge in [0, 0.05) is 17.2 Å². The van der Waals surface area contributed by atoms with Gasteiger partial charge in [-0.15, -0.1) is 0 Å². The zero-order valence-corrected chi connectivity index (χ0v) is 13.0. The molecule has 2 N–H and O–H groups in total. The van der Waals surface area contributed by atoms with E-state index >= 15 is 0 Å². The van der Waals surface area contributed by atoms with E-state index in [1.165, 1.54) is 5.39 Å². The lowest BCUT2D eigenvalue weighted by Crippen LogP contribution is -2.19. The quantitative estimate of drug-likeness (QED) is 0.777. The molecule has 0 fully saturated rings. The highest BCUT2D eigenvalue weighted by Gasteiger charge is 2.12. The van der Waals surface area contributed by atoms with Crippen molar-refractivity contribution in [2.75, 3.05) is 6.54 Å². The summed E-state index contributed by atoms with van der Waals surface area (Å²) in [7, 11) is 0. The number of ether oxygens (including phenoxy) is 1. The van der Waals surface area contributed by atoms with Gasteiger partial charge in [0.25, 0.3) is 0 Å². The molecule has 0 aliphatic rings. The lowest BCUT2D eigenvalue weighted by molar-refractivity contribution is 0.209. The number of benzene rings is 2. The topological polar surface area (TPSA) is 48.1 Å². The Morgan fingerprint density at radius 2 is 1.86 bits per heavy atom. The Morgan fingerprint density at radius 3 is 2.62 bits per heavy atom. The minimum Gasteiger partial charge on any atom is -0.483 e. The smallest absolute Gasteiger partial charge is 0.153 e. The van der Waals surface area contributed by atoms with E-state index in [1.54, 1.807) is 6.20 Å². The summed E-state index contributed by atoms with van der Waals surface area (Å²) >= 11 is 3.48. The summed E-state index contributed by atoms with van der Waals surface area (Å²) < 4.78 is 7.06. The average molecular weight is 343 g/mol. The second-order valence-electron chi connectivity index (χ2n) is 4.75. The Bertz CT molecular complexity index is 746. The van der Waals surface area contributed by atoms with Gasteiger partial charge in [-0.05, 0) is 47.2 Å². The first kappa shape index (κ1) is 14.0. The van der Waals surface area contributed by atoms with Gasteiger partial charge in [0.15, 0.2) is 6.10 Å². The zero-order chi connectivity index (χ0) is 14.7. The van der Waals surface area contributed by atoms with E-state index in [-0.39, 0.29) is 6.10 Å². The number of rotatable bonds is 4. The zero-order valence-electron chi connectivity index (χ0n) is 11.4. The Morgan fingerprint density at radius 1 is 1.05 bits per heavy atom. The fourth-order valence-electron chi connectivity index (χ4n) is 2.23. The van der Waals surface area contributed by atoms with Gasteiger partial charge in [-0.2, -0.15) is 0 Å². The molecule has 3 rings (SSSR count). The number of fused-ring (bicyclic) bond motifs is 1. The molecule has 1 unspecified atom stereocenters. The van der Waals surface area contributed by atoms with Crippen molar-refractivity contribution in [2.24, 2.45) is 5.73 Å². The van der Waals surface area contributed by atoms with Crippen LogP contribution in [0.5, 0.6) is 5.75 Å². The summed E-state index contributed by atoms with van der Waals surface area (Å²) in [5.41, 5.74) is 6.66. The molecular weight excluding hydrogens is 328 g/mol. The molecule has 0 amide bonds. The molecule has 1 aromatic heterocycles. The van der Waals surface area contributed by atoms with E-state index in [2.05, 4.69) is 33.0 Å². The maximum Gasteiger partial charge on any atom is 0.153 e. The van der Waals surface area contributed by atoms with Gasteiger partial charge in [0.05, 0.1) is 5.69 Å². The number of hydrogen-bond donors (Lipinski definition) is 1. The first-order valence-corrected chi connectivity index (χ1v) is 7.52. The van der Waals surface area contributed by atoms with Gasteiger partial charge in [-0.1, -0.05) is 34.1 Å². The SMILES string of the molecule is NCC(Oc1ccc2cc(Br)ccc2c1)c1ccccn1. The van der Waals surface area contributed by atoms with Crippen molar-refractivity contribution < 1.29 is 4.74 Å². The minimum atomic E-state index is -0.237. The molecule has 0 saturated carbocycles. The van der Waals surface area contributed by atoms with Crippen LogP contribution < -0.4 is 10.5 Å². The van der Waals surface area contributed by atoms with E-state index in [0.717, 1.165) is 21.3 Å². The molecule has 0 radical (unpaired) electrons. The lowest BCUT2D eigenvalue weighted by Gasteiger charge is -2.17. The fourth-order valence-corrected chi connectivity index (χ4v) is 2.61. The molecule has 4 heteroatoms. The van der Waals surface area contributed by atoms with Gasteiger partial charge in [-0.3, -0.25) is 4.98 Å². The van der Waals surface area contributed by atoms with Crippen LogP contribution in [0.1, 0.15) is 11.8 Å². The van der Waals surface area contributed by atoms with Gasteiger partial charge in [-0.25, -0.2) is 0 Å². The third-order valence-corrected chi connectivity index (χ3v) is 3.78. The third-order valence-electron chi connectivity index (χ3n) is 3.28. The first-order chi connectivity index (χ1) is 10.3. The summed E-state index contributed by atoms with van der Waals surface area (Å²) in [6.07, 6.45) is 1.51. The second-order valence-corrected chi connectivity index (χ2v) is 5.67. The van der Waals surface area contributed by atoms with E-state index < -0.39 is 0 Å². The molecule has 1 atom stereocenters. The van der Waals surface area contributed by atoms with Gasteiger partial charge < -0.3 is 10.5 Å². The van der Waals surface area contributed by atoms with Crippen molar-refractivity contribution in [1.82, 2.24) is 4.98 Å². The van der Waals surface area contributed by atoms with Crippen LogP contribution in [0, 0.1) is 0 Å². The van der Waals surface area contributed by atoms with Crippen LogP contribution in [0.3, 0.4) is 0 Å².